The van der Waals surface area contributed by atoms with Gasteiger partial charge in [0.05, 0.1) is 31.8 Å². The van der Waals surface area contributed by atoms with Crippen molar-refractivity contribution in [3.8, 4) is 22.6 Å². The van der Waals surface area contributed by atoms with Gasteiger partial charge in [-0.15, -0.1) is 10.2 Å². The Labute approximate surface area is 247 Å². The maximum absolute atomic E-state index is 11.4. The quantitative estimate of drug-likeness (QED) is 0.117. The number of ether oxygens (including phenoxy) is 2. The van der Waals surface area contributed by atoms with Crippen LogP contribution in [0.25, 0.3) is 22.6 Å². The Morgan fingerprint density at radius 2 is 1.23 bits per heavy atom. The maximum atomic E-state index is 11.4. The minimum absolute atomic E-state index is 0.340. The standard InChI is InChI=1S/C24H28N10O8S/c35-8-15-19(37)17(33-6-13(29-31-33)11-3-26-10-27-4-11)21(39)23(41-15)43-24-22(40)18(20(38)16(9-36)42-24)34-7-14(30-32-34)12-5-25-1-2-28-12/h1-7,10,15-24,35-40H,8-9H2/t15-,16?,17?,18?,19?,20+,21-,22+,23?,24+/m1/s1. The molecule has 19 heteroatoms. The van der Waals surface area contributed by atoms with E-state index in [0.29, 0.717) is 22.6 Å². The van der Waals surface area contributed by atoms with Crippen molar-refractivity contribution in [2.24, 2.45) is 0 Å². The second-order valence-corrected chi connectivity index (χ2v) is 11.1. The fraction of sp³-hybridized carbons (Fsp3) is 0.500. The summed E-state index contributed by atoms with van der Waals surface area (Å²) >= 11 is 0.849. The Balaban J connectivity index is 1.25. The van der Waals surface area contributed by atoms with Crippen LogP contribution < -0.4 is 0 Å². The number of hydrogen-bond donors (Lipinski definition) is 6. The van der Waals surface area contributed by atoms with Gasteiger partial charge in [-0.25, -0.2) is 19.3 Å². The third-order valence-corrected chi connectivity index (χ3v) is 8.60. The molecule has 2 fully saturated rings. The molecule has 0 spiro atoms. The molecule has 0 aliphatic carbocycles. The molecule has 4 aromatic heterocycles. The van der Waals surface area contributed by atoms with E-state index in [1.807, 2.05) is 0 Å². The Morgan fingerprint density at radius 1 is 0.674 bits per heavy atom. The molecule has 6 heterocycles. The molecular formula is C24H28N10O8S. The maximum Gasteiger partial charge on any atom is 0.134 e. The molecule has 18 nitrogen and oxygen atoms in total. The highest BCUT2D eigenvalue weighted by atomic mass is 32.2. The van der Waals surface area contributed by atoms with Crippen LogP contribution in [0, 0.1) is 0 Å². The summed E-state index contributed by atoms with van der Waals surface area (Å²) < 4.78 is 14.2. The van der Waals surface area contributed by atoms with E-state index >= 15 is 0 Å². The first-order chi connectivity index (χ1) is 20.9. The zero-order valence-electron chi connectivity index (χ0n) is 22.2. The predicted octanol–water partition coefficient (Wildman–Crippen LogP) is -2.82. The normalized spacial score (nSPS) is 33.0. The summed E-state index contributed by atoms with van der Waals surface area (Å²) in [5.74, 6) is 0. The van der Waals surface area contributed by atoms with Crippen LogP contribution in [0.3, 0.4) is 0 Å². The molecule has 2 saturated heterocycles. The molecular weight excluding hydrogens is 588 g/mol. The summed E-state index contributed by atoms with van der Waals surface area (Å²) in [5.41, 5.74) is -0.631. The second-order valence-electron chi connectivity index (χ2n) is 9.92. The van der Waals surface area contributed by atoms with Crippen molar-refractivity contribution in [2.45, 2.75) is 59.6 Å². The van der Waals surface area contributed by atoms with Gasteiger partial charge in [0.15, 0.2) is 0 Å². The molecule has 2 aliphatic rings. The van der Waals surface area contributed by atoms with Gasteiger partial charge in [0.25, 0.3) is 0 Å². The van der Waals surface area contributed by atoms with Crippen molar-refractivity contribution >= 4 is 11.8 Å². The number of nitrogens with zero attached hydrogens (tertiary/aromatic N) is 10. The first kappa shape index (κ1) is 29.5. The largest absolute Gasteiger partial charge is 0.394 e. The summed E-state index contributed by atoms with van der Waals surface area (Å²) in [6.07, 6.45) is 3.93. The molecule has 6 N–H and O–H groups in total. The number of aliphatic hydroxyl groups excluding tert-OH is 6. The zero-order chi connectivity index (χ0) is 30.1. The number of rotatable bonds is 8. The molecule has 0 amide bonds. The number of thioether (sulfide) groups is 1. The van der Waals surface area contributed by atoms with Crippen LogP contribution >= 0.6 is 11.8 Å². The predicted molar refractivity (Wildman–Crippen MR) is 143 cm³/mol. The molecule has 0 radical (unpaired) electrons. The van der Waals surface area contributed by atoms with Gasteiger partial charge in [-0.3, -0.25) is 9.97 Å². The molecule has 6 rings (SSSR count). The summed E-state index contributed by atoms with van der Waals surface area (Å²) in [5, 5.41) is 80.9. The third kappa shape index (κ3) is 5.73. The fourth-order valence-corrected chi connectivity index (χ4v) is 6.40. The topological polar surface area (TPSA) is 253 Å². The Kier molecular flexibility index (Phi) is 8.66. The number of hydrogen-bond acceptors (Lipinski definition) is 17. The first-order valence-corrected chi connectivity index (χ1v) is 14.1. The van der Waals surface area contributed by atoms with Crippen molar-refractivity contribution < 1.29 is 40.1 Å². The van der Waals surface area contributed by atoms with Gasteiger partial charge < -0.3 is 40.1 Å². The van der Waals surface area contributed by atoms with Gasteiger partial charge in [0.1, 0.15) is 83.0 Å². The average Bonchev–Trinajstić information content (AvgIpc) is 3.72. The van der Waals surface area contributed by atoms with Crippen molar-refractivity contribution in [1.29, 1.82) is 0 Å². The highest BCUT2D eigenvalue weighted by Gasteiger charge is 2.51. The molecule has 2 aliphatic heterocycles. The van der Waals surface area contributed by atoms with E-state index in [1.54, 1.807) is 0 Å². The molecule has 0 aromatic carbocycles. The lowest BCUT2D eigenvalue weighted by atomic mass is 9.97. The average molecular weight is 617 g/mol. The molecule has 4 aromatic rings. The lowest BCUT2D eigenvalue weighted by Crippen LogP contribution is -2.58. The SMILES string of the molecule is OCC1O[C@@H](SC2O[C@H](CO)C(O)C(n3cc(-c4cncnc4)nn3)[C@H]2O)[C@@H](O)C(n2cc(-c3cnccn3)nn2)[C@H]1O. The minimum atomic E-state index is -1.44. The van der Waals surface area contributed by atoms with Crippen molar-refractivity contribution in [3.63, 3.8) is 0 Å². The van der Waals surface area contributed by atoms with E-state index < -0.39 is 72.8 Å². The highest BCUT2D eigenvalue weighted by molar-refractivity contribution is 8.00. The minimum Gasteiger partial charge on any atom is -0.394 e. The lowest BCUT2D eigenvalue weighted by Gasteiger charge is -2.46. The van der Waals surface area contributed by atoms with Crippen LogP contribution in [-0.4, -0.2) is 141 Å². The Bertz CT molecular complexity index is 1380. The van der Waals surface area contributed by atoms with Crippen molar-refractivity contribution in [2.75, 3.05) is 13.2 Å². The van der Waals surface area contributed by atoms with Crippen LogP contribution in [0.4, 0.5) is 0 Å². The van der Waals surface area contributed by atoms with Gasteiger partial charge >= 0.3 is 0 Å². The number of aromatic nitrogens is 10. The summed E-state index contributed by atoms with van der Waals surface area (Å²) in [4.78, 5) is 16.1. The smallest absolute Gasteiger partial charge is 0.134 e. The molecule has 228 valence electrons. The Morgan fingerprint density at radius 3 is 1.77 bits per heavy atom. The van der Waals surface area contributed by atoms with Crippen LogP contribution in [0.2, 0.25) is 0 Å². The van der Waals surface area contributed by atoms with E-state index in [2.05, 4.69) is 40.6 Å². The van der Waals surface area contributed by atoms with Gasteiger partial charge in [-0.1, -0.05) is 22.2 Å². The summed E-state index contributed by atoms with van der Waals surface area (Å²) in [7, 11) is 0. The molecule has 43 heavy (non-hydrogen) atoms. The van der Waals surface area contributed by atoms with Crippen LogP contribution in [0.5, 0.6) is 0 Å². The molecule has 0 bridgehead atoms. The molecule has 0 saturated carbocycles. The van der Waals surface area contributed by atoms with E-state index in [9.17, 15) is 30.6 Å². The highest BCUT2D eigenvalue weighted by Crippen LogP contribution is 2.42. The van der Waals surface area contributed by atoms with Gasteiger partial charge in [0, 0.05) is 30.4 Å². The molecule has 5 unspecified atom stereocenters. The number of aliphatic hydroxyl groups is 6. The summed E-state index contributed by atoms with van der Waals surface area (Å²) in [6, 6.07) is -2.24. The van der Waals surface area contributed by atoms with Crippen molar-refractivity contribution in [1.82, 2.24) is 49.9 Å². The first-order valence-electron chi connectivity index (χ1n) is 13.2. The van der Waals surface area contributed by atoms with Crippen molar-refractivity contribution in [3.05, 3.63) is 49.7 Å². The zero-order valence-corrected chi connectivity index (χ0v) is 23.0. The van der Waals surface area contributed by atoms with E-state index in [-0.39, 0.29) is 0 Å². The van der Waals surface area contributed by atoms with Crippen LogP contribution in [0.15, 0.2) is 49.7 Å². The fourth-order valence-electron chi connectivity index (χ4n) is 5.08. The van der Waals surface area contributed by atoms with E-state index in [0.717, 1.165) is 11.8 Å². The van der Waals surface area contributed by atoms with Crippen LogP contribution in [0.1, 0.15) is 12.1 Å². The van der Waals surface area contributed by atoms with Gasteiger partial charge in [-0.05, 0) is 0 Å². The van der Waals surface area contributed by atoms with Gasteiger partial charge in [-0.2, -0.15) is 0 Å². The van der Waals surface area contributed by atoms with E-state index in [4.69, 9.17) is 9.47 Å². The second kappa shape index (κ2) is 12.6. The van der Waals surface area contributed by atoms with Crippen LogP contribution in [-0.2, 0) is 9.47 Å². The Hall–Kier alpha value is -3.53. The van der Waals surface area contributed by atoms with Gasteiger partial charge in [0.2, 0.25) is 0 Å². The third-order valence-electron chi connectivity index (χ3n) is 7.28. The lowest BCUT2D eigenvalue weighted by molar-refractivity contribution is -0.189. The molecule has 10 atom stereocenters. The van der Waals surface area contributed by atoms with E-state index in [1.165, 1.54) is 59.1 Å². The summed E-state index contributed by atoms with van der Waals surface area (Å²) in [6.45, 7) is -1.18. The monoisotopic (exact) mass is 616 g/mol.